The number of sulfonamides is 1. The number of aryl methyl sites for hydroxylation is 2. The van der Waals surface area contributed by atoms with Crippen LogP contribution >= 0.6 is 0 Å². The van der Waals surface area contributed by atoms with Crippen LogP contribution in [0.4, 0.5) is 5.82 Å². The molecule has 1 N–H and O–H groups in total. The molecular formula is C21H27N3O3S. The molecule has 6 nitrogen and oxygen atoms in total. The maximum Gasteiger partial charge on any atom is 0.243 e. The summed E-state index contributed by atoms with van der Waals surface area (Å²) in [6.07, 6.45) is 2.63. The summed E-state index contributed by atoms with van der Waals surface area (Å²) in [4.78, 5) is 17.0. The fraction of sp³-hybridized carbons (Fsp3) is 0.429. The van der Waals surface area contributed by atoms with Crippen molar-refractivity contribution < 1.29 is 13.2 Å². The third kappa shape index (κ3) is 3.95. The Labute approximate surface area is 167 Å². The van der Waals surface area contributed by atoms with Crippen LogP contribution in [0.1, 0.15) is 35.1 Å². The Hall–Kier alpha value is -2.25. The average molecular weight is 402 g/mol. The van der Waals surface area contributed by atoms with Crippen LogP contribution in [0.25, 0.3) is 0 Å². The van der Waals surface area contributed by atoms with Crippen LogP contribution in [0.2, 0.25) is 0 Å². The van der Waals surface area contributed by atoms with Gasteiger partial charge in [0.25, 0.3) is 0 Å². The number of amides is 1. The van der Waals surface area contributed by atoms with Crippen LogP contribution in [0.3, 0.4) is 0 Å². The number of piperidine rings is 1. The lowest BCUT2D eigenvalue weighted by Gasteiger charge is -2.31. The van der Waals surface area contributed by atoms with Gasteiger partial charge in [0, 0.05) is 25.2 Å². The quantitative estimate of drug-likeness (QED) is 0.852. The smallest absolute Gasteiger partial charge is 0.243 e. The minimum absolute atomic E-state index is 0.102. The van der Waals surface area contributed by atoms with Gasteiger partial charge in [-0.3, -0.25) is 4.79 Å². The van der Waals surface area contributed by atoms with Crippen LogP contribution in [-0.2, 0) is 14.8 Å². The molecule has 0 saturated carbocycles. The van der Waals surface area contributed by atoms with Crippen LogP contribution in [-0.4, -0.2) is 36.7 Å². The highest BCUT2D eigenvalue weighted by atomic mass is 32.2. The van der Waals surface area contributed by atoms with Gasteiger partial charge >= 0.3 is 0 Å². The predicted octanol–water partition coefficient (Wildman–Crippen LogP) is 3.35. The summed E-state index contributed by atoms with van der Waals surface area (Å²) in [6, 6.07) is 7.36. The summed E-state index contributed by atoms with van der Waals surface area (Å²) >= 11 is 0. The van der Waals surface area contributed by atoms with Crippen molar-refractivity contribution in [2.24, 2.45) is 5.92 Å². The third-order valence-corrected chi connectivity index (χ3v) is 7.81. The monoisotopic (exact) mass is 401 g/mol. The third-order valence-electron chi connectivity index (χ3n) is 5.64. The summed E-state index contributed by atoms with van der Waals surface area (Å²) in [5.74, 6) is 0.202. The van der Waals surface area contributed by atoms with E-state index in [4.69, 9.17) is 0 Å². The van der Waals surface area contributed by atoms with Crippen molar-refractivity contribution in [1.29, 1.82) is 0 Å². The molecule has 28 heavy (non-hydrogen) atoms. The van der Waals surface area contributed by atoms with Crippen LogP contribution in [0, 0.1) is 33.6 Å². The maximum absolute atomic E-state index is 13.3. The molecule has 0 bridgehead atoms. The second-order valence-corrected chi connectivity index (χ2v) is 9.35. The molecule has 1 fully saturated rings. The second kappa shape index (κ2) is 8.01. The molecule has 1 aliphatic heterocycles. The maximum atomic E-state index is 13.3. The van der Waals surface area contributed by atoms with E-state index >= 15 is 0 Å². The zero-order valence-electron chi connectivity index (χ0n) is 16.8. The van der Waals surface area contributed by atoms with Crippen molar-refractivity contribution >= 4 is 21.7 Å². The lowest BCUT2D eigenvalue weighted by atomic mass is 9.97. The molecule has 2 aromatic rings. The van der Waals surface area contributed by atoms with E-state index in [2.05, 4.69) is 10.3 Å². The molecule has 150 valence electrons. The fourth-order valence-electron chi connectivity index (χ4n) is 3.72. The summed E-state index contributed by atoms with van der Waals surface area (Å²) in [7, 11) is -3.59. The Bertz CT molecular complexity index is 953. The Balaban J connectivity index is 1.73. The van der Waals surface area contributed by atoms with Crippen LogP contribution in [0.15, 0.2) is 35.4 Å². The normalized spacial score (nSPS) is 16.1. The van der Waals surface area contributed by atoms with E-state index in [0.717, 1.165) is 22.3 Å². The molecule has 0 spiro atoms. The van der Waals surface area contributed by atoms with E-state index in [1.54, 1.807) is 18.3 Å². The van der Waals surface area contributed by atoms with Gasteiger partial charge in [-0.15, -0.1) is 0 Å². The topological polar surface area (TPSA) is 79.4 Å². The number of nitrogens with zero attached hydrogens (tertiary/aromatic N) is 2. The van der Waals surface area contributed by atoms with Gasteiger partial charge in [-0.2, -0.15) is 4.31 Å². The van der Waals surface area contributed by atoms with Crippen molar-refractivity contribution in [3.63, 3.8) is 0 Å². The number of benzene rings is 1. The summed E-state index contributed by atoms with van der Waals surface area (Å²) in [6.45, 7) is 8.29. The number of rotatable bonds is 4. The van der Waals surface area contributed by atoms with Crippen molar-refractivity contribution in [1.82, 2.24) is 9.29 Å². The SMILES string of the molecule is Cc1cc(C)c(C)c(S(=O)(=O)N2CCC(C(=O)Nc3ccccn3)CC2)c1C. The highest BCUT2D eigenvalue weighted by Gasteiger charge is 2.34. The van der Waals surface area contributed by atoms with Gasteiger partial charge < -0.3 is 5.32 Å². The molecule has 1 saturated heterocycles. The highest BCUT2D eigenvalue weighted by Crippen LogP contribution is 2.31. The number of carbonyl (C=O) groups is 1. The van der Waals surface area contributed by atoms with Gasteiger partial charge in [0.1, 0.15) is 5.82 Å². The predicted molar refractivity (Wildman–Crippen MR) is 110 cm³/mol. The number of nitrogens with one attached hydrogen (secondary N) is 1. The lowest BCUT2D eigenvalue weighted by Crippen LogP contribution is -2.42. The molecule has 1 amide bonds. The van der Waals surface area contributed by atoms with Crippen LogP contribution < -0.4 is 5.32 Å². The summed E-state index contributed by atoms with van der Waals surface area (Å²) in [5.41, 5.74) is 3.56. The molecule has 2 heterocycles. The number of hydrogen-bond donors (Lipinski definition) is 1. The Kier molecular flexibility index (Phi) is 5.86. The number of aromatic nitrogens is 1. The number of pyridine rings is 1. The molecular weight excluding hydrogens is 374 g/mol. The van der Waals surface area contributed by atoms with Gasteiger partial charge in [0.05, 0.1) is 4.90 Å². The molecule has 3 rings (SSSR count). The Morgan fingerprint density at radius 1 is 1.07 bits per heavy atom. The fourth-order valence-corrected chi connectivity index (χ4v) is 5.77. The van der Waals surface area contributed by atoms with Crippen molar-refractivity contribution in [3.05, 3.63) is 52.7 Å². The second-order valence-electron chi connectivity index (χ2n) is 7.47. The highest BCUT2D eigenvalue weighted by molar-refractivity contribution is 7.89. The van der Waals surface area contributed by atoms with E-state index in [-0.39, 0.29) is 11.8 Å². The lowest BCUT2D eigenvalue weighted by molar-refractivity contribution is -0.120. The zero-order valence-corrected chi connectivity index (χ0v) is 17.6. The molecule has 1 aliphatic rings. The van der Waals surface area contributed by atoms with E-state index < -0.39 is 10.0 Å². The van der Waals surface area contributed by atoms with Crippen molar-refractivity contribution in [2.75, 3.05) is 18.4 Å². The zero-order chi connectivity index (χ0) is 20.5. The van der Waals surface area contributed by atoms with E-state index in [0.29, 0.717) is 36.6 Å². The first-order valence-corrected chi connectivity index (χ1v) is 10.9. The first-order valence-electron chi connectivity index (χ1n) is 9.51. The molecule has 0 unspecified atom stereocenters. The largest absolute Gasteiger partial charge is 0.310 e. The number of hydrogen-bond acceptors (Lipinski definition) is 4. The van der Waals surface area contributed by atoms with Gasteiger partial charge in [-0.1, -0.05) is 12.1 Å². The minimum Gasteiger partial charge on any atom is -0.310 e. The summed E-state index contributed by atoms with van der Waals surface area (Å²) in [5, 5.41) is 2.81. The van der Waals surface area contributed by atoms with Crippen molar-refractivity contribution in [2.45, 2.75) is 45.4 Å². The molecule has 0 radical (unpaired) electrons. The molecule has 0 aliphatic carbocycles. The van der Waals surface area contributed by atoms with E-state index in [9.17, 15) is 13.2 Å². The van der Waals surface area contributed by atoms with Gasteiger partial charge in [-0.05, 0) is 74.9 Å². The number of carbonyl (C=O) groups excluding carboxylic acids is 1. The standard InChI is InChI=1S/C21H27N3O3S/c1-14-13-15(2)17(4)20(16(14)3)28(26,27)24-11-8-18(9-12-24)21(25)23-19-7-5-6-10-22-19/h5-7,10,13,18H,8-9,11-12H2,1-4H3,(H,22,23,25). The molecule has 7 heteroatoms. The van der Waals surface area contributed by atoms with Crippen LogP contribution in [0.5, 0.6) is 0 Å². The molecule has 1 aromatic heterocycles. The first kappa shape index (κ1) is 20.5. The molecule has 0 atom stereocenters. The average Bonchev–Trinajstić information content (AvgIpc) is 2.67. The van der Waals surface area contributed by atoms with Gasteiger partial charge in [0.15, 0.2) is 0 Å². The molecule has 1 aromatic carbocycles. The minimum atomic E-state index is -3.59. The van der Waals surface area contributed by atoms with Gasteiger partial charge in [-0.25, -0.2) is 13.4 Å². The Morgan fingerprint density at radius 2 is 1.68 bits per heavy atom. The first-order chi connectivity index (χ1) is 13.2. The van der Waals surface area contributed by atoms with E-state index in [1.165, 1.54) is 4.31 Å². The van der Waals surface area contributed by atoms with Gasteiger partial charge in [0.2, 0.25) is 15.9 Å². The Morgan fingerprint density at radius 3 is 2.21 bits per heavy atom. The number of anilines is 1. The summed E-state index contributed by atoms with van der Waals surface area (Å²) < 4.78 is 28.2. The van der Waals surface area contributed by atoms with E-state index in [1.807, 2.05) is 39.8 Å². The van der Waals surface area contributed by atoms with Crippen molar-refractivity contribution in [3.8, 4) is 0 Å².